The van der Waals surface area contributed by atoms with E-state index in [0.717, 1.165) is 23.6 Å². The van der Waals surface area contributed by atoms with Crippen molar-refractivity contribution < 1.29 is 4.74 Å². The van der Waals surface area contributed by atoms with Gasteiger partial charge in [0.25, 0.3) is 0 Å². The Morgan fingerprint density at radius 3 is 2.43 bits per heavy atom. The molecule has 1 N–H and O–H groups in total. The number of nitrogens with one attached hydrogen (secondary N) is 1. The van der Waals surface area contributed by atoms with Crippen molar-refractivity contribution in [2.75, 3.05) is 13.7 Å². The lowest BCUT2D eigenvalue weighted by Crippen LogP contribution is -2.27. The summed E-state index contributed by atoms with van der Waals surface area (Å²) < 4.78 is 5.26. The molecule has 2 fully saturated rings. The monoisotopic (exact) mass is 287 g/mol. The summed E-state index contributed by atoms with van der Waals surface area (Å²) in [6.45, 7) is 1.20. The normalized spacial score (nSPS) is 20.6. The molecule has 3 rings (SSSR count). The fraction of sp³-hybridized carbons (Fsp3) is 0.684. The van der Waals surface area contributed by atoms with Gasteiger partial charge in [-0.25, -0.2) is 0 Å². The Kier molecular flexibility index (Phi) is 5.18. The first kappa shape index (κ1) is 14.9. The SMILES string of the molecule is COc1ccc(CC(CNC2CC2)CC2CCCC2)cc1. The van der Waals surface area contributed by atoms with E-state index in [1.165, 1.54) is 63.5 Å². The third-order valence-electron chi connectivity index (χ3n) is 5.10. The predicted molar refractivity (Wildman–Crippen MR) is 87.8 cm³/mol. The maximum Gasteiger partial charge on any atom is 0.118 e. The first-order valence-electron chi connectivity index (χ1n) is 8.70. The second-order valence-corrected chi connectivity index (χ2v) is 6.99. The highest BCUT2D eigenvalue weighted by Crippen LogP contribution is 2.32. The van der Waals surface area contributed by atoms with Gasteiger partial charge in [0.15, 0.2) is 0 Å². The van der Waals surface area contributed by atoms with Gasteiger partial charge in [0.2, 0.25) is 0 Å². The van der Waals surface area contributed by atoms with Gasteiger partial charge in [-0.05, 0) is 61.8 Å². The molecule has 1 aromatic carbocycles. The topological polar surface area (TPSA) is 21.3 Å². The van der Waals surface area contributed by atoms with Crippen LogP contribution in [-0.2, 0) is 6.42 Å². The molecule has 0 heterocycles. The zero-order valence-electron chi connectivity index (χ0n) is 13.3. The van der Waals surface area contributed by atoms with Gasteiger partial charge >= 0.3 is 0 Å². The minimum absolute atomic E-state index is 0.794. The number of benzene rings is 1. The van der Waals surface area contributed by atoms with Crippen molar-refractivity contribution in [2.24, 2.45) is 11.8 Å². The maximum atomic E-state index is 5.26. The summed E-state index contributed by atoms with van der Waals surface area (Å²) in [6, 6.07) is 9.48. The van der Waals surface area contributed by atoms with Gasteiger partial charge in [-0.3, -0.25) is 0 Å². The second kappa shape index (κ2) is 7.31. The van der Waals surface area contributed by atoms with Crippen molar-refractivity contribution in [2.45, 2.75) is 57.4 Å². The molecule has 21 heavy (non-hydrogen) atoms. The molecule has 2 nitrogen and oxygen atoms in total. The third-order valence-corrected chi connectivity index (χ3v) is 5.10. The average Bonchev–Trinajstić information content (AvgIpc) is 3.21. The van der Waals surface area contributed by atoms with Crippen LogP contribution in [0.15, 0.2) is 24.3 Å². The number of methoxy groups -OCH3 is 1. The average molecular weight is 287 g/mol. The molecule has 2 heteroatoms. The van der Waals surface area contributed by atoms with Crippen molar-refractivity contribution in [3.05, 3.63) is 29.8 Å². The highest BCUT2D eigenvalue weighted by atomic mass is 16.5. The molecule has 0 radical (unpaired) electrons. The zero-order chi connectivity index (χ0) is 14.5. The van der Waals surface area contributed by atoms with Crippen molar-refractivity contribution in [3.8, 4) is 5.75 Å². The van der Waals surface area contributed by atoms with Crippen molar-refractivity contribution in [1.82, 2.24) is 5.32 Å². The molecule has 1 atom stereocenters. The Morgan fingerprint density at radius 1 is 1.10 bits per heavy atom. The number of hydrogen-bond donors (Lipinski definition) is 1. The Labute approximate surface area is 129 Å². The Balaban J connectivity index is 1.55. The molecule has 0 saturated heterocycles. The van der Waals surface area contributed by atoms with E-state index in [1.54, 1.807) is 7.11 Å². The van der Waals surface area contributed by atoms with E-state index in [-0.39, 0.29) is 0 Å². The van der Waals surface area contributed by atoms with Crippen LogP contribution in [0.5, 0.6) is 5.75 Å². The largest absolute Gasteiger partial charge is 0.497 e. The summed E-state index contributed by atoms with van der Waals surface area (Å²) >= 11 is 0. The minimum atomic E-state index is 0.794. The molecule has 0 bridgehead atoms. The number of hydrogen-bond acceptors (Lipinski definition) is 2. The van der Waals surface area contributed by atoms with Gasteiger partial charge in [-0.2, -0.15) is 0 Å². The second-order valence-electron chi connectivity index (χ2n) is 6.99. The molecule has 0 aliphatic heterocycles. The van der Waals surface area contributed by atoms with Crippen LogP contribution < -0.4 is 10.1 Å². The highest BCUT2D eigenvalue weighted by Gasteiger charge is 2.24. The van der Waals surface area contributed by atoms with Crippen molar-refractivity contribution in [3.63, 3.8) is 0 Å². The molecule has 0 spiro atoms. The third kappa shape index (κ3) is 4.74. The fourth-order valence-electron chi connectivity index (χ4n) is 3.67. The lowest BCUT2D eigenvalue weighted by Gasteiger charge is -2.21. The van der Waals surface area contributed by atoms with E-state index in [1.807, 2.05) is 0 Å². The van der Waals surface area contributed by atoms with Crippen LogP contribution in [0.1, 0.15) is 50.5 Å². The molecule has 2 aliphatic rings. The van der Waals surface area contributed by atoms with Crippen molar-refractivity contribution in [1.29, 1.82) is 0 Å². The summed E-state index contributed by atoms with van der Waals surface area (Å²) in [4.78, 5) is 0. The fourth-order valence-corrected chi connectivity index (χ4v) is 3.67. The summed E-state index contributed by atoms with van der Waals surface area (Å²) in [5.41, 5.74) is 1.45. The van der Waals surface area contributed by atoms with Crippen LogP contribution in [0.3, 0.4) is 0 Å². The van der Waals surface area contributed by atoms with Crippen LogP contribution in [0.4, 0.5) is 0 Å². The van der Waals surface area contributed by atoms with Gasteiger partial charge in [0.05, 0.1) is 7.11 Å². The van der Waals surface area contributed by atoms with E-state index in [0.29, 0.717) is 0 Å². The first-order valence-corrected chi connectivity index (χ1v) is 8.70. The Bertz CT molecular complexity index is 418. The zero-order valence-corrected chi connectivity index (χ0v) is 13.3. The maximum absolute atomic E-state index is 5.26. The van der Waals surface area contributed by atoms with Gasteiger partial charge in [-0.15, -0.1) is 0 Å². The van der Waals surface area contributed by atoms with Crippen molar-refractivity contribution >= 4 is 0 Å². The van der Waals surface area contributed by atoms with Gasteiger partial charge < -0.3 is 10.1 Å². The van der Waals surface area contributed by atoms with E-state index in [9.17, 15) is 0 Å². The smallest absolute Gasteiger partial charge is 0.118 e. The lowest BCUT2D eigenvalue weighted by atomic mass is 9.88. The molecule has 0 aromatic heterocycles. The predicted octanol–water partition coefficient (Wildman–Crippen LogP) is 4.19. The van der Waals surface area contributed by atoms with Crippen LogP contribution in [-0.4, -0.2) is 19.7 Å². The molecule has 2 saturated carbocycles. The molecule has 2 aliphatic carbocycles. The summed E-state index contributed by atoms with van der Waals surface area (Å²) in [5.74, 6) is 2.73. The molecule has 0 amide bonds. The summed E-state index contributed by atoms with van der Waals surface area (Å²) in [6.07, 6.45) is 11.2. The van der Waals surface area contributed by atoms with Gasteiger partial charge in [0, 0.05) is 6.04 Å². The van der Waals surface area contributed by atoms with Crippen LogP contribution in [0.25, 0.3) is 0 Å². The molecular weight excluding hydrogens is 258 g/mol. The van der Waals surface area contributed by atoms with Gasteiger partial charge in [0.1, 0.15) is 5.75 Å². The first-order chi connectivity index (χ1) is 10.3. The van der Waals surface area contributed by atoms with Crippen LogP contribution in [0, 0.1) is 11.8 Å². The number of ether oxygens (including phenoxy) is 1. The van der Waals surface area contributed by atoms with Gasteiger partial charge in [-0.1, -0.05) is 37.8 Å². The molecule has 116 valence electrons. The number of rotatable bonds is 8. The van der Waals surface area contributed by atoms with E-state index < -0.39 is 0 Å². The Hall–Kier alpha value is -1.02. The van der Waals surface area contributed by atoms with E-state index in [4.69, 9.17) is 4.74 Å². The molecular formula is C19H29NO. The summed E-state index contributed by atoms with van der Waals surface area (Å²) in [5, 5.41) is 3.75. The van der Waals surface area contributed by atoms with Crippen LogP contribution >= 0.6 is 0 Å². The quantitative estimate of drug-likeness (QED) is 0.774. The lowest BCUT2D eigenvalue weighted by molar-refractivity contribution is 0.356. The molecule has 1 aromatic rings. The summed E-state index contributed by atoms with van der Waals surface area (Å²) in [7, 11) is 1.73. The standard InChI is InChI=1S/C19H29NO/c1-21-19-10-6-16(7-11-19)13-17(14-20-18-8-9-18)12-15-4-2-3-5-15/h6-7,10-11,15,17-18,20H,2-5,8-9,12-14H2,1H3. The minimum Gasteiger partial charge on any atom is -0.497 e. The van der Waals surface area contributed by atoms with Crippen LogP contribution in [0.2, 0.25) is 0 Å². The molecule has 1 unspecified atom stereocenters. The van der Waals surface area contributed by atoms with E-state index >= 15 is 0 Å². The Morgan fingerprint density at radius 2 is 1.81 bits per heavy atom. The highest BCUT2D eigenvalue weighted by molar-refractivity contribution is 5.27. The van der Waals surface area contributed by atoms with E-state index in [2.05, 4.69) is 29.6 Å².